The quantitative estimate of drug-likeness (QED) is 0.887. The van der Waals surface area contributed by atoms with Gasteiger partial charge in [0, 0.05) is 4.47 Å². The van der Waals surface area contributed by atoms with Crippen molar-refractivity contribution >= 4 is 32.7 Å². The second kappa shape index (κ2) is 5.50. The SMILES string of the molecule is COC(=O)C(N)Cc1ccc2ccccc2c1Br. The molecule has 0 saturated heterocycles. The van der Waals surface area contributed by atoms with Crippen molar-refractivity contribution in [3.63, 3.8) is 0 Å². The van der Waals surface area contributed by atoms with Gasteiger partial charge in [-0.1, -0.05) is 36.4 Å². The summed E-state index contributed by atoms with van der Waals surface area (Å²) >= 11 is 3.57. The summed E-state index contributed by atoms with van der Waals surface area (Å²) in [4.78, 5) is 11.3. The first-order valence-electron chi connectivity index (χ1n) is 5.63. The molecule has 0 aliphatic rings. The van der Waals surface area contributed by atoms with Crippen LogP contribution in [0.2, 0.25) is 0 Å². The zero-order valence-electron chi connectivity index (χ0n) is 10.0. The molecule has 0 heterocycles. The highest BCUT2D eigenvalue weighted by molar-refractivity contribution is 9.10. The van der Waals surface area contributed by atoms with E-state index in [1.54, 1.807) is 0 Å². The Morgan fingerprint density at radius 2 is 2.06 bits per heavy atom. The summed E-state index contributed by atoms with van der Waals surface area (Å²) in [6.45, 7) is 0. The molecule has 4 heteroatoms. The van der Waals surface area contributed by atoms with E-state index in [4.69, 9.17) is 5.73 Å². The zero-order chi connectivity index (χ0) is 13.1. The average molecular weight is 308 g/mol. The highest BCUT2D eigenvalue weighted by atomic mass is 79.9. The van der Waals surface area contributed by atoms with Crippen molar-refractivity contribution in [2.75, 3.05) is 7.11 Å². The van der Waals surface area contributed by atoms with Gasteiger partial charge >= 0.3 is 5.97 Å². The minimum absolute atomic E-state index is 0.393. The summed E-state index contributed by atoms with van der Waals surface area (Å²) < 4.78 is 5.62. The van der Waals surface area contributed by atoms with Crippen LogP contribution in [0.25, 0.3) is 10.8 Å². The van der Waals surface area contributed by atoms with Crippen molar-refractivity contribution in [3.8, 4) is 0 Å². The molecule has 3 nitrogen and oxygen atoms in total. The Morgan fingerprint density at radius 1 is 1.33 bits per heavy atom. The number of hydrogen-bond acceptors (Lipinski definition) is 3. The van der Waals surface area contributed by atoms with Crippen LogP contribution in [-0.4, -0.2) is 19.1 Å². The molecule has 0 bridgehead atoms. The topological polar surface area (TPSA) is 52.3 Å². The average Bonchev–Trinajstić information content (AvgIpc) is 2.41. The fraction of sp³-hybridized carbons (Fsp3) is 0.214. The Balaban J connectivity index is 2.35. The fourth-order valence-electron chi connectivity index (χ4n) is 1.91. The van der Waals surface area contributed by atoms with Crippen LogP contribution in [0.4, 0.5) is 0 Å². The van der Waals surface area contributed by atoms with E-state index in [1.807, 2.05) is 36.4 Å². The van der Waals surface area contributed by atoms with Gasteiger partial charge in [-0.25, -0.2) is 0 Å². The molecule has 0 spiro atoms. The first kappa shape index (κ1) is 13.1. The van der Waals surface area contributed by atoms with Gasteiger partial charge in [0.05, 0.1) is 7.11 Å². The number of halogens is 1. The standard InChI is InChI=1S/C14H14BrNO2/c1-18-14(17)12(16)8-10-7-6-9-4-2-3-5-11(9)13(10)15/h2-7,12H,8,16H2,1H3. The Kier molecular flexibility index (Phi) is 3.99. The number of carbonyl (C=O) groups excluding carboxylic acids is 1. The number of ether oxygens (including phenoxy) is 1. The molecule has 0 aromatic heterocycles. The van der Waals surface area contributed by atoms with E-state index in [1.165, 1.54) is 7.11 Å². The van der Waals surface area contributed by atoms with Crippen LogP contribution < -0.4 is 5.73 Å². The molecule has 1 unspecified atom stereocenters. The number of carbonyl (C=O) groups is 1. The van der Waals surface area contributed by atoms with Crippen LogP contribution in [0.5, 0.6) is 0 Å². The molecule has 0 amide bonds. The number of benzene rings is 2. The van der Waals surface area contributed by atoms with Crippen LogP contribution in [0.3, 0.4) is 0 Å². The summed E-state index contributed by atoms with van der Waals surface area (Å²) in [5.74, 6) is -0.393. The van der Waals surface area contributed by atoms with Crippen molar-refractivity contribution < 1.29 is 9.53 Å². The third-order valence-corrected chi connectivity index (χ3v) is 3.82. The highest BCUT2D eigenvalue weighted by Gasteiger charge is 2.16. The zero-order valence-corrected chi connectivity index (χ0v) is 11.6. The third kappa shape index (κ3) is 2.54. The fourth-order valence-corrected chi connectivity index (χ4v) is 2.56. The van der Waals surface area contributed by atoms with Gasteiger partial charge < -0.3 is 10.5 Å². The first-order chi connectivity index (χ1) is 8.63. The summed E-state index contributed by atoms with van der Waals surface area (Å²) in [7, 11) is 1.34. The molecule has 2 aromatic carbocycles. The predicted molar refractivity (Wildman–Crippen MR) is 75.3 cm³/mol. The van der Waals surface area contributed by atoms with Crippen molar-refractivity contribution in [2.45, 2.75) is 12.5 Å². The van der Waals surface area contributed by atoms with E-state index in [0.717, 1.165) is 20.8 Å². The molecule has 2 N–H and O–H groups in total. The molecule has 0 aliphatic heterocycles. The minimum atomic E-state index is -0.632. The van der Waals surface area contributed by atoms with E-state index in [-0.39, 0.29) is 0 Å². The Hall–Kier alpha value is -1.39. The summed E-state index contributed by atoms with van der Waals surface area (Å²) in [6, 6.07) is 11.4. The maximum absolute atomic E-state index is 11.3. The number of fused-ring (bicyclic) bond motifs is 1. The van der Waals surface area contributed by atoms with Crippen molar-refractivity contribution in [1.82, 2.24) is 0 Å². The van der Waals surface area contributed by atoms with Gasteiger partial charge in [0.15, 0.2) is 0 Å². The van der Waals surface area contributed by atoms with E-state index in [0.29, 0.717) is 6.42 Å². The number of hydrogen-bond donors (Lipinski definition) is 1. The number of rotatable bonds is 3. The minimum Gasteiger partial charge on any atom is -0.468 e. The van der Waals surface area contributed by atoms with Crippen molar-refractivity contribution in [2.24, 2.45) is 5.73 Å². The normalized spacial score (nSPS) is 12.4. The van der Waals surface area contributed by atoms with E-state index < -0.39 is 12.0 Å². The molecular formula is C14H14BrNO2. The molecule has 0 saturated carbocycles. The molecule has 0 radical (unpaired) electrons. The lowest BCUT2D eigenvalue weighted by molar-refractivity contribution is -0.142. The molecule has 2 rings (SSSR count). The van der Waals surface area contributed by atoms with Gasteiger partial charge in [-0.2, -0.15) is 0 Å². The maximum Gasteiger partial charge on any atom is 0.322 e. The molecular weight excluding hydrogens is 294 g/mol. The third-order valence-electron chi connectivity index (χ3n) is 2.89. The number of methoxy groups -OCH3 is 1. The van der Waals surface area contributed by atoms with Crippen LogP contribution in [0, 0.1) is 0 Å². The largest absolute Gasteiger partial charge is 0.468 e. The molecule has 0 fully saturated rings. The van der Waals surface area contributed by atoms with Crippen LogP contribution in [0.1, 0.15) is 5.56 Å². The second-order valence-electron chi connectivity index (χ2n) is 4.09. The van der Waals surface area contributed by atoms with Gasteiger partial charge in [0.2, 0.25) is 0 Å². The summed E-state index contributed by atoms with van der Waals surface area (Å²) in [5, 5.41) is 2.27. The molecule has 1 atom stereocenters. The first-order valence-corrected chi connectivity index (χ1v) is 6.42. The maximum atomic E-state index is 11.3. The van der Waals surface area contributed by atoms with E-state index in [9.17, 15) is 4.79 Å². The number of esters is 1. The summed E-state index contributed by atoms with van der Waals surface area (Å²) in [6.07, 6.45) is 0.456. The smallest absolute Gasteiger partial charge is 0.322 e. The lowest BCUT2D eigenvalue weighted by Gasteiger charge is -2.12. The van der Waals surface area contributed by atoms with Crippen LogP contribution in [0.15, 0.2) is 40.9 Å². The second-order valence-corrected chi connectivity index (χ2v) is 4.89. The van der Waals surface area contributed by atoms with Gasteiger partial charge in [-0.05, 0) is 38.7 Å². The van der Waals surface area contributed by atoms with E-state index >= 15 is 0 Å². The predicted octanol–water partition coefficient (Wildman–Crippen LogP) is 2.65. The molecule has 0 aliphatic carbocycles. The lowest BCUT2D eigenvalue weighted by Crippen LogP contribution is -2.33. The van der Waals surface area contributed by atoms with E-state index in [2.05, 4.69) is 20.7 Å². The van der Waals surface area contributed by atoms with Gasteiger partial charge in [0.25, 0.3) is 0 Å². The lowest BCUT2D eigenvalue weighted by atomic mass is 10.0. The highest BCUT2D eigenvalue weighted by Crippen LogP contribution is 2.28. The van der Waals surface area contributed by atoms with Crippen molar-refractivity contribution in [3.05, 3.63) is 46.4 Å². The Labute approximate surface area is 114 Å². The van der Waals surface area contributed by atoms with Crippen LogP contribution in [-0.2, 0) is 16.0 Å². The monoisotopic (exact) mass is 307 g/mol. The molecule has 2 aromatic rings. The number of nitrogens with two attached hydrogens (primary N) is 1. The Bertz CT molecular complexity index is 583. The summed E-state index contributed by atoms with van der Waals surface area (Å²) in [5.41, 5.74) is 6.78. The van der Waals surface area contributed by atoms with Gasteiger partial charge in [0.1, 0.15) is 6.04 Å². The molecule has 18 heavy (non-hydrogen) atoms. The molecule has 94 valence electrons. The van der Waals surface area contributed by atoms with Crippen LogP contribution >= 0.6 is 15.9 Å². The van der Waals surface area contributed by atoms with Gasteiger partial charge in [-0.3, -0.25) is 4.79 Å². The Morgan fingerprint density at radius 3 is 2.78 bits per heavy atom. The van der Waals surface area contributed by atoms with Crippen molar-refractivity contribution in [1.29, 1.82) is 0 Å². The van der Waals surface area contributed by atoms with Gasteiger partial charge in [-0.15, -0.1) is 0 Å².